The van der Waals surface area contributed by atoms with Crippen LogP contribution in [-0.4, -0.2) is 16.3 Å². The Kier molecular flexibility index (Phi) is 4.38. The summed E-state index contributed by atoms with van der Waals surface area (Å²) in [5, 5.41) is 9.26. The number of benzene rings is 1. The van der Waals surface area contributed by atoms with Crippen molar-refractivity contribution in [3.8, 4) is 11.8 Å². The largest absolute Gasteiger partial charge is 0.311 e. The lowest BCUT2D eigenvalue weighted by molar-refractivity contribution is 0.622. The minimum Gasteiger partial charge on any atom is -0.311 e. The van der Waals surface area contributed by atoms with Crippen LogP contribution in [0.25, 0.3) is 10.9 Å². The van der Waals surface area contributed by atoms with Crippen LogP contribution in [0.5, 0.6) is 0 Å². The van der Waals surface area contributed by atoms with Gasteiger partial charge in [-0.25, -0.2) is 0 Å². The van der Waals surface area contributed by atoms with E-state index in [0.717, 1.165) is 31.7 Å². The van der Waals surface area contributed by atoms with Gasteiger partial charge in [0, 0.05) is 18.4 Å². The van der Waals surface area contributed by atoms with Gasteiger partial charge in [-0.05, 0) is 19.5 Å². The second-order valence-electron chi connectivity index (χ2n) is 4.14. The van der Waals surface area contributed by atoms with Gasteiger partial charge in [-0.15, -0.1) is 11.8 Å². The summed E-state index contributed by atoms with van der Waals surface area (Å²) < 4.78 is 2.06. The third-order valence-electron chi connectivity index (χ3n) is 2.90. The lowest BCUT2D eigenvalue weighted by atomic mass is 10.2. The number of nitrogens with one attached hydrogen (secondary N) is 1. The number of hydrogen-bond acceptors (Lipinski definition) is 2. The van der Waals surface area contributed by atoms with E-state index in [0.29, 0.717) is 0 Å². The van der Waals surface area contributed by atoms with Gasteiger partial charge in [0.05, 0.1) is 17.8 Å². The minimum absolute atomic E-state index is 0.823. The number of aromatic nitrogens is 2. The molecule has 0 aliphatic heterocycles. The molecule has 1 heterocycles. The maximum atomic E-state index is 4.69. The van der Waals surface area contributed by atoms with Crippen molar-refractivity contribution in [1.82, 2.24) is 15.1 Å². The highest BCUT2D eigenvalue weighted by molar-refractivity contribution is 5.81. The monoisotopic (exact) mass is 241 g/mol. The molecule has 0 aliphatic carbocycles. The Hall–Kier alpha value is -1.79. The molecule has 0 aliphatic rings. The topological polar surface area (TPSA) is 29.9 Å². The van der Waals surface area contributed by atoms with Gasteiger partial charge < -0.3 is 5.32 Å². The normalized spacial score (nSPS) is 10.3. The van der Waals surface area contributed by atoms with Gasteiger partial charge in [0.2, 0.25) is 0 Å². The van der Waals surface area contributed by atoms with Crippen LogP contribution in [0.4, 0.5) is 0 Å². The van der Waals surface area contributed by atoms with Crippen molar-refractivity contribution in [3.05, 3.63) is 30.0 Å². The molecule has 0 fully saturated rings. The van der Waals surface area contributed by atoms with Gasteiger partial charge in [-0.3, -0.25) is 4.68 Å². The Morgan fingerprint density at radius 1 is 1.33 bits per heavy atom. The first-order chi connectivity index (χ1) is 8.86. The second-order valence-corrected chi connectivity index (χ2v) is 4.14. The van der Waals surface area contributed by atoms with Crippen LogP contribution in [0.2, 0.25) is 0 Å². The summed E-state index contributed by atoms with van der Waals surface area (Å²) in [5.41, 5.74) is 2.32. The number of fused-ring (bicyclic) bond motifs is 1. The molecule has 0 amide bonds. The third kappa shape index (κ3) is 2.72. The summed E-state index contributed by atoms with van der Waals surface area (Å²) >= 11 is 0. The van der Waals surface area contributed by atoms with E-state index in [2.05, 4.69) is 58.1 Å². The second kappa shape index (κ2) is 6.23. The first-order valence-electron chi connectivity index (χ1n) is 6.41. The fourth-order valence-electron chi connectivity index (χ4n) is 2.03. The summed E-state index contributed by atoms with van der Waals surface area (Å²) in [7, 11) is 0. The molecule has 94 valence electrons. The molecule has 0 spiro atoms. The Bertz CT molecular complexity index is 572. The van der Waals surface area contributed by atoms with E-state index in [1.165, 1.54) is 10.9 Å². The first kappa shape index (κ1) is 12.7. The van der Waals surface area contributed by atoms with Crippen molar-refractivity contribution in [2.24, 2.45) is 0 Å². The predicted molar refractivity (Wildman–Crippen MR) is 75.2 cm³/mol. The highest BCUT2D eigenvalue weighted by Crippen LogP contribution is 2.18. The van der Waals surface area contributed by atoms with Gasteiger partial charge in [0.1, 0.15) is 0 Å². The van der Waals surface area contributed by atoms with Crippen molar-refractivity contribution in [2.75, 3.05) is 6.54 Å². The SMILES string of the molecule is CC#CCCn1nc(CNCC)c2ccccc21. The average molecular weight is 241 g/mol. The van der Waals surface area contributed by atoms with Crippen LogP contribution >= 0.6 is 0 Å². The van der Waals surface area contributed by atoms with Crippen LogP contribution in [0.3, 0.4) is 0 Å². The fourth-order valence-corrected chi connectivity index (χ4v) is 2.03. The Morgan fingerprint density at radius 3 is 2.94 bits per heavy atom. The maximum Gasteiger partial charge on any atom is 0.0841 e. The van der Waals surface area contributed by atoms with Crippen molar-refractivity contribution in [3.63, 3.8) is 0 Å². The predicted octanol–water partition coefficient (Wildman–Crippen LogP) is 2.56. The Morgan fingerprint density at radius 2 is 2.17 bits per heavy atom. The number of hydrogen-bond donors (Lipinski definition) is 1. The van der Waals surface area contributed by atoms with E-state index in [9.17, 15) is 0 Å². The quantitative estimate of drug-likeness (QED) is 0.815. The van der Waals surface area contributed by atoms with Crippen molar-refractivity contribution < 1.29 is 0 Å². The fraction of sp³-hybridized carbons (Fsp3) is 0.400. The molecule has 2 rings (SSSR count). The first-order valence-corrected chi connectivity index (χ1v) is 6.41. The molecular formula is C15H19N3. The molecule has 3 heteroatoms. The molecule has 1 aromatic carbocycles. The molecule has 0 atom stereocenters. The number of para-hydroxylation sites is 1. The molecule has 18 heavy (non-hydrogen) atoms. The molecule has 3 nitrogen and oxygen atoms in total. The Labute approximate surface area is 108 Å². The highest BCUT2D eigenvalue weighted by atomic mass is 15.3. The summed E-state index contributed by atoms with van der Waals surface area (Å²) in [4.78, 5) is 0. The minimum atomic E-state index is 0.823. The lowest BCUT2D eigenvalue weighted by Crippen LogP contribution is -2.12. The van der Waals surface area contributed by atoms with Gasteiger partial charge >= 0.3 is 0 Å². The van der Waals surface area contributed by atoms with E-state index in [1.807, 2.05) is 6.92 Å². The zero-order valence-corrected chi connectivity index (χ0v) is 11.0. The van der Waals surface area contributed by atoms with Crippen LogP contribution in [0, 0.1) is 11.8 Å². The van der Waals surface area contributed by atoms with Crippen LogP contribution in [-0.2, 0) is 13.1 Å². The van der Waals surface area contributed by atoms with E-state index in [1.54, 1.807) is 0 Å². The Balaban J connectivity index is 2.30. The number of aryl methyl sites for hydroxylation is 1. The summed E-state index contributed by atoms with van der Waals surface area (Å²) in [6, 6.07) is 8.38. The molecule has 0 unspecified atom stereocenters. The number of rotatable bonds is 5. The third-order valence-corrected chi connectivity index (χ3v) is 2.90. The van der Waals surface area contributed by atoms with Gasteiger partial charge in [-0.2, -0.15) is 5.10 Å². The molecule has 1 N–H and O–H groups in total. The van der Waals surface area contributed by atoms with Gasteiger partial charge in [-0.1, -0.05) is 25.1 Å². The smallest absolute Gasteiger partial charge is 0.0841 e. The number of nitrogens with zero attached hydrogens (tertiary/aromatic N) is 2. The maximum absolute atomic E-state index is 4.69. The van der Waals surface area contributed by atoms with Crippen molar-refractivity contribution in [2.45, 2.75) is 33.4 Å². The van der Waals surface area contributed by atoms with E-state index in [4.69, 9.17) is 0 Å². The van der Waals surface area contributed by atoms with E-state index < -0.39 is 0 Å². The highest BCUT2D eigenvalue weighted by Gasteiger charge is 2.08. The van der Waals surface area contributed by atoms with Crippen molar-refractivity contribution >= 4 is 10.9 Å². The molecule has 2 aromatic rings. The van der Waals surface area contributed by atoms with E-state index >= 15 is 0 Å². The van der Waals surface area contributed by atoms with Gasteiger partial charge in [0.15, 0.2) is 0 Å². The molecule has 0 saturated carbocycles. The van der Waals surface area contributed by atoms with Gasteiger partial charge in [0.25, 0.3) is 0 Å². The van der Waals surface area contributed by atoms with E-state index in [-0.39, 0.29) is 0 Å². The summed E-state index contributed by atoms with van der Waals surface area (Å²) in [6.45, 7) is 6.62. The zero-order chi connectivity index (χ0) is 12.8. The lowest BCUT2D eigenvalue weighted by Gasteiger charge is -1.99. The molecule has 0 saturated heterocycles. The summed E-state index contributed by atoms with van der Waals surface area (Å²) in [6.07, 6.45) is 0.850. The average Bonchev–Trinajstić information content (AvgIpc) is 2.76. The molecular weight excluding hydrogens is 222 g/mol. The van der Waals surface area contributed by atoms with Crippen LogP contribution in [0.1, 0.15) is 26.0 Å². The molecule has 0 radical (unpaired) electrons. The van der Waals surface area contributed by atoms with Crippen LogP contribution in [0.15, 0.2) is 24.3 Å². The van der Waals surface area contributed by atoms with Crippen LogP contribution < -0.4 is 5.32 Å². The molecule has 0 bridgehead atoms. The molecule has 1 aromatic heterocycles. The summed E-state index contributed by atoms with van der Waals surface area (Å²) in [5.74, 6) is 6.01. The zero-order valence-electron chi connectivity index (χ0n) is 11.0. The van der Waals surface area contributed by atoms with Crippen molar-refractivity contribution in [1.29, 1.82) is 0 Å². The standard InChI is InChI=1S/C15H19N3/c1-3-5-8-11-18-15-10-7-6-9-13(15)14(17-18)12-16-4-2/h6-7,9-10,16H,4,8,11-12H2,1-2H3.